The molecule has 1 aliphatic carbocycles. The Kier molecular flexibility index (Phi) is 5.46. The Morgan fingerprint density at radius 2 is 1.41 bits per heavy atom. The Labute approximate surface area is 171 Å². The molecular weight excluding hydrogens is 362 g/mol. The van der Waals surface area contributed by atoms with Gasteiger partial charge >= 0.3 is 0 Å². The van der Waals surface area contributed by atoms with E-state index in [4.69, 9.17) is 16.5 Å². The summed E-state index contributed by atoms with van der Waals surface area (Å²) in [7, 11) is 1.77. The summed E-state index contributed by atoms with van der Waals surface area (Å²) in [5.41, 5.74) is 20.9. The van der Waals surface area contributed by atoms with Crippen LogP contribution in [0.1, 0.15) is 22.3 Å². The third-order valence-electron chi connectivity index (χ3n) is 5.51. The summed E-state index contributed by atoms with van der Waals surface area (Å²) < 4.78 is 0. The van der Waals surface area contributed by atoms with Crippen molar-refractivity contribution in [2.75, 3.05) is 23.8 Å². The molecule has 150 valence electrons. The van der Waals surface area contributed by atoms with E-state index in [1.807, 2.05) is 52.0 Å². The zero-order valence-corrected chi connectivity index (χ0v) is 17.5. The molecule has 0 aromatic heterocycles. The molecule has 6 N–H and O–H groups in total. The first-order valence-electron chi connectivity index (χ1n) is 9.45. The zero-order chi connectivity index (χ0) is 21.3. The number of aliphatic imine (C=N–C) groups is 1. The van der Waals surface area contributed by atoms with Gasteiger partial charge in [-0.15, -0.1) is 0 Å². The number of hydrogen-bond acceptors (Lipinski definition) is 6. The fourth-order valence-corrected chi connectivity index (χ4v) is 3.16. The van der Waals surface area contributed by atoms with Crippen molar-refractivity contribution in [1.82, 2.24) is 5.32 Å². The molecule has 6 heteroatoms. The maximum atomic E-state index is 12.7. The van der Waals surface area contributed by atoms with Crippen molar-refractivity contribution in [1.29, 1.82) is 0 Å². The monoisotopic (exact) mass is 389 g/mol. The van der Waals surface area contributed by atoms with E-state index in [1.165, 1.54) is 0 Å². The van der Waals surface area contributed by atoms with Crippen LogP contribution in [0.15, 0.2) is 52.8 Å². The van der Waals surface area contributed by atoms with Gasteiger partial charge < -0.3 is 22.1 Å². The molecule has 0 saturated heterocycles. The third-order valence-corrected chi connectivity index (χ3v) is 5.51. The van der Waals surface area contributed by atoms with E-state index in [-0.39, 0.29) is 5.78 Å². The highest BCUT2D eigenvalue weighted by Crippen LogP contribution is 2.29. The third kappa shape index (κ3) is 3.87. The molecule has 0 radical (unpaired) electrons. The first-order chi connectivity index (χ1) is 13.7. The number of nitrogens with two attached hydrogens (primary N) is 2. The van der Waals surface area contributed by atoms with Gasteiger partial charge in [-0.2, -0.15) is 0 Å². The van der Waals surface area contributed by atoms with Crippen LogP contribution in [0.5, 0.6) is 0 Å². The molecule has 0 fully saturated rings. The SMILES string of the molecule is CNC1=CC(=O)C(Nc2ccc(N)c(C)c2C)=C/C1=N\c1ccc(N)c(C)c1C. The summed E-state index contributed by atoms with van der Waals surface area (Å²) in [5.74, 6) is -0.118. The summed E-state index contributed by atoms with van der Waals surface area (Å²) in [6.07, 6.45) is 3.32. The van der Waals surface area contributed by atoms with Gasteiger partial charge in [-0.1, -0.05) is 0 Å². The van der Waals surface area contributed by atoms with Crippen LogP contribution in [0.3, 0.4) is 0 Å². The molecule has 0 spiro atoms. The summed E-state index contributed by atoms with van der Waals surface area (Å²) in [5, 5.41) is 6.30. The summed E-state index contributed by atoms with van der Waals surface area (Å²) in [4.78, 5) is 17.4. The number of anilines is 3. The van der Waals surface area contributed by atoms with Gasteiger partial charge in [0.2, 0.25) is 5.78 Å². The molecule has 2 aromatic rings. The Morgan fingerprint density at radius 1 is 0.793 bits per heavy atom. The van der Waals surface area contributed by atoms with Crippen LogP contribution in [-0.4, -0.2) is 18.5 Å². The minimum Gasteiger partial charge on any atom is -0.399 e. The fourth-order valence-electron chi connectivity index (χ4n) is 3.16. The lowest BCUT2D eigenvalue weighted by Crippen LogP contribution is -2.24. The lowest BCUT2D eigenvalue weighted by atomic mass is 10.0. The second-order valence-electron chi connectivity index (χ2n) is 7.23. The van der Waals surface area contributed by atoms with E-state index in [2.05, 4.69) is 10.6 Å². The van der Waals surface area contributed by atoms with Crippen LogP contribution in [0.25, 0.3) is 0 Å². The number of allylic oxidation sites excluding steroid dienone is 2. The number of nitrogens with one attached hydrogen (secondary N) is 2. The normalized spacial score (nSPS) is 15.2. The van der Waals surface area contributed by atoms with Crippen molar-refractivity contribution in [2.24, 2.45) is 4.99 Å². The van der Waals surface area contributed by atoms with Gasteiger partial charge in [0, 0.05) is 30.2 Å². The van der Waals surface area contributed by atoms with Crippen molar-refractivity contribution in [3.63, 3.8) is 0 Å². The maximum Gasteiger partial charge on any atom is 0.204 e. The maximum absolute atomic E-state index is 12.7. The first kappa shape index (κ1) is 20.2. The number of ketones is 1. The predicted molar refractivity (Wildman–Crippen MR) is 122 cm³/mol. The van der Waals surface area contributed by atoms with Crippen LogP contribution in [0.2, 0.25) is 0 Å². The Bertz CT molecular complexity index is 1090. The summed E-state index contributed by atoms with van der Waals surface area (Å²) in [6.45, 7) is 7.91. The molecule has 29 heavy (non-hydrogen) atoms. The number of nitrogen functional groups attached to an aromatic ring is 2. The predicted octanol–water partition coefficient (Wildman–Crippen LogP) is 3.84. The standard InChI is InChI=1S/C23H27N5O/c1-12-14(3)18(8-6-16(12)24)27-21-10-22(23(29)11-20(21)26-5)28-19-9-7-17(25)13(2)15(19)4/h6-11,26,28H,24-25H2,1-5H3/b27-21+. The first-order valence-corrected chi connectivity index (χ1v) is 9.45. The lowest BCUT2D eigenvalue weighted by molar-refractivity contribution is -0.111. The number of benzene rings is 2. The highest BCUT2D eigenvalue weighted by molar-refractivity contribution is 6.23. The molecule has 0 bridgehead atoms. The van der Waals surface area contributed by atoms with E-state index in [1.54, 1.807) is 19.2 Å². The highest BCUT2D eigenvalue weighted by atomic mass is 16.1. The highest BCUT2D eigenvalue weighted by Gasteiger charge is 2.20. The number of hydrogen-bond donors (Lipinski definition) is 4. The van der Waals surface area contributed by atoms with Gasteiger partial charge in [-0.3, -0.25) is 4.79 Å². The number of carbonyl (C=O) groups is 1. The zero-order valence-electron chi connectivity index (χ0n) is 17.5. The van der Waals surface area contributed by atoms with Gasteiger partial charge in [0.05, 0.1) is 22.8 Å². The molecule has 3 rings (SSSR count). The smallest absolute Gasteiger partial charge is 0.204 e. The van der Waals surface area contributed by atoms with Gasteiger partial charge in [0.15, 0.2) is 0 Å². The van der Waals surface area contributed by atoms with Crippen LogP contribution in [-0.2, 0) is 4.79 Å². The quantitative estimate of drug-likeness (QED) is 0.470. The molecule has 2 aromatic carbocycles. The van der Waals surface area contributed by atoms with Crippen molar-refractivity contribution < 1.29 is 4.79 Å². The van der Waals surface area contributed by atoms with Gasteiger partial charge in [-0.25, -0.2) is 4.99 Å². The van der Waals surface area contributed by atoms with Crippen LogP contribution < -0.4 is 22.1 Å². The minimum absolute atomic E-state index is 0.118. The number of rotatable bonds is 4. The largest absolute Gasteiger partial charge is 0.399 e. The Hall–Kier alpha value is -3.54. The molecule has 0 aliphatic heterocycles. The second kappa shape index (κ2) is 7.83. The van der Waals surface area contributed by atoms with E-state index >= 15 is 0 Å². The van der Waals surface area contributed by atoms with Crippen LogP contribution in [0, 0.1) is 27.7 Å². The molecule has 1 aliphatic rings. The number of carbonyl (C=O) groups excluding carboxylic acids is 1. The molecule has 0 unspecified atom stereocenters. The molecule has 0 amide bonds. The Morgan fingerprint density at radius 3 is 2.07 bits per heavy atom. The Balaban J connectivity index is 2.04. The van der Waals surface area contributed by atoms with Gasteiger partial charge in [0.25, 0.3) is 0 Å². The minimum atomic E-state index is -0.118. The van der Waals surface area contributed by atoms with Crippen molar-refractivity contribution >= 4 is 34.2 Å². The molecule has 6 nitrogen and oxygen atoms in total. The van der Waals surface area contributed by atoms with Crippen LogP contribution in [0.4, 0.5) is 22.7 Å². The molecule has 0 heterocycles. The molecular formula is C23H27N5O. The number of nitrogens with zero attached hydrogens (tertiary/aromatic N) is 1. The molecule has 0 atom stereocenters. The molecule has 0 saturated carbocycles. The second-order valence-corrected chi connectivity index (χ2v) is 7.23. The topological polar surface area (TPSA) is 106 Å². The fraction of sp³-hybridized carbons (Fsp3) is 0.217. The van der Waals surface area contributed by atoms with E-state index in [0.717, 1.165) is 45.0 Å². The van der Waals surface area contributed by atoms with Gasteiger partial charge in [-0.05, 0) is 80.3 Å². The van der Waals surface area contributed by atoms with Crippen molar-refractivity contribution in [3.05, 3.63) is 70.1 Å². The van der Waals surface area contributed by atoms with Gasteiger partial charge in [0.1, 0.15) is 0 Å². The van der Waals surface area contributed by atoms with E-state index in [0.29, 0.717) is 17.1 Å². The van der Waals surface area contributed by atoms with Crippen LogP contribution >= 0.6 is 0 Å². The summed E-state index contributed by atoms with van der Waals surface area (Å²) in [6, 6.07) is 7.46. The van der Waals surface area contributed by atoms with E-state index in [9.17, 15) is 4.79 Å². The van der Waals surface area contributed by atoms with E-state index < -0.39 is 0 Å². The van der Waals surface area contributed by atoms with Crippen molar-refractivity contribution in [3.8, 4) is 0 Å². The average molecular weight is 390 g/mol. The summed E-state index contributed by atoms with van der Waals surface area (Å²) >= 11 is 0. The average Bonchev–Trinajstić information content (AvgIpc) is 2.70. The van der Waals surface area contributed by atoms with Crippen molar-refractivity contribution in [2.45, 2.75) is 27.7 Å². The lowest BCUT2D eigenvalue weighted by Gasteiger charge is -2.19.